The van der Waals surface area contributed by atoms with Crippen LogP contribution in [-0.4, -0.2) is 68.3 Å². The van der Waals surface area contributed by atoms with Gasteiger partial charge in [-0.2, -0.15) is 0 Å². The van der Waals surface area contributed by atoms with Crippen LogP contribution in [0.5, 0.6) is 11.5 Å². The lowest BCUT2D eigenvalue weighted by atomic mass is 9.95. The summed E-state index contributed by atoms with van der Waals surface area (Å²) in [6.45, 7) is 5.78. The second-order valence-electron chi connectivity index (χ2n) is 7.77. The molecule has 1 aliphatic rings. The van der Waals surface area contributed by atoms with Gasteiger partial charge in [-0.25, -0.2) is 0 Å². The van der Waals surface area contributed by atoms with Crippen molar-refractivity contribution in [2.45, 2.75) is 32.9 Å². The summed E-state index contributed by atoms with van der Waals surface area (Å²) < 4.78 is 10.6. The molecular weight excluding hydrogens is 362 g/mol. The molecule has 0 saturated carbocycles. The second kappa shape index (κ2) is 9.75. The lowest BCUT2D eigenvalue weighted by molar-refractivity contribution is -0.134. The Hall–Kier alpha value is -2.32. The number of hydrogen-bond donors (Lipinski definition) is 3. The average molecular weight is 393 g/mol. The van der Waals surface area contributed by atoms with Gasteiger partial charge in [0, 0.05) is 38.2 Å². The van der Waals surface area contributed by atoms with Crippen molar-refractivity contribution in [2.75, 3.05) is 40.5 Å². The summed E-state index contributed by atoms with van der Waals surface area (Å²) in [5, 5.41) is 15.0. The highest BCUT2D eigenvalue weighted by atomic mass is 16.5. The van der Waals surface area contributed by atoms with Crippen LogP contribution in [0.15, 0.2) is 18.2 Å². The summed E-state index contributed by atoms with van der Waals surface area (Å²) in [6.07, 6.45) is 0.0701. The molecule has 1 aromatic carbocycles. The molecule has 1 saturated heterocycles. The lowest BCUT2D eigenvalue weighted by Crippen LogP contribution is -2.56. The van der Waals surface area contributed by atoms with Gasteiger partial charge in [-0.15, -0.1) is 0 Å². The molecule has 1 aliphatic heterocycles. The summed E-state index contributed by atoms with van der Waals surface area (Å²) in [7, 11) is 3.16. The Morgan fingerprint density at radius 1 is 1.32 bits per heavy atom. The van der Waals surface area contributed by atoms with Gasteiger partial charge in [-0.3, -0.25) is 14.5 Å². The molecule has 3 N–H and O–H groups in total. The molecule has 1 aromatic rings. The monoisotopic (exact) mass is 393 g/mol. The zero-order valence-electron chi connectivity index (χ0n) is 17.1. The van der Waals surface area contributed by atoms with E-state index < -0.39 is 11.5 Å². The Kier molecular flexibility index (Phi) is 7.65. The molecule has 28 heavy (non-hydrogen) atoms. The van der Waals surface area contributed by atoms with Crippen molar-refractivity contribution < 1.29 is 24.2 Å². The molecule has 0 spiro atoms. The Bertz CT molecular complexity index is 692. The highest BCUT2D eigenvalue weighted by Gasteiger charge is 2.32. The fourth-order valence-corrected chi connectivity index (χ4v) is 3.03. The third-order valence-corrected chi connectivity index (χ3v) is 4.85. The summed E-state index contributed by atoms with van der Waals surface area (Å²) in [5.41, 5.74) is 0.572. The largest absolute Gasteiger partial charge is 0.493 e. The van der Waals surface area contributed by atoms with E-state index in [0.717, 1.165) is 5.56 Å². The number of hydrogen-bond acceptors (Lipinski definition) is 6. The first-order chi connectivity index (χ1) is 13.3. The molecule has 1 fully saturated rings. The topological polar surface area (TPSA) is 100 Å². The van der Waals surface area contributed by atoms with Crippen LogP contribution >= 0.6 is 0 Å². The highest BCUT2D eigenvalue weighted by Crippen LogP contribution is 2.28. The minimum Gasteiger partial charge on any atom is -0.493 e. The van der Waals surface area contributed by atoms with Gasteiger partial charge in [0.15, 0.2) is 11.5 Å². The SMILES string of the molecule is COc1ccc(CN2CCNC(=O)C2CC(=O)NCC(C)(C)CO)cc1OC. The van der Waals surface area contributed by atoms with Crippen molar-refractivity contribution in [1.29, 1.82) is 0 Å². The van der Waals surface area contributed by atoms with Gasteiger partial charge in [-0.1, -0.05) is 19.9 Å². The predicted octanol–water partition coefficient (Wildman–Crippen LogP) is 0.529. The molecule has 0 radical (unpaired) electrons. The third kappa shape index (κ3) is 5.84. The summed E-state index contributed by atoms with van der Waals surface area (Å²) in [6, 6.07) is 5.09. The van der Waals surface area contributed by atoms with Crippen molar-refractivity contribution in [3.05, 3.63) is 23.8 Å². The summed E-state index contributed by atoms with van der Waals surface area (Å²) >= 11 is 0. The van der Waals surface area contributed by atoms with Crippen LogP contribution < -0.4 is 20.1 Å². The first kappa shape index (κ1) is 22.0. The molecule has 156 valence electrons. The molecule has 2 amide bonds. The normalized spacial score (nSPS) is 17.8. The molecule has 1 atom stereocenters. The number of aliphatic hydroxyl groups excluding tert-OH is 1. The lowest BCUT2D eigenvalue weighted by Gasteiger charge is -2.35. The van der Waals surface area contributed by atoms with E-state index >= 15 is 0 Å². The van der Waals surface area contributed by atoms with Crippen molar-refractivity contribution >= 4 is 11.8 Å². The van der Waals surface area contributed by atoms with Crippen molar-refractivity contribution in [1.82, 2.24) is 15.5 Å². The van der Waals surface area contributed by atoms with Crippen LogP contribution in [0, 0.1) is 5.41 Å². The van der Waals surface area contributed by atoms with Crippen molar-refractivity contribution in [2.24, 2.45) is 5.41 Å². The Balaban J connectivity index is 2.05. The number of aliphatic hydroxyl groups is 1. The highest BCUT2D eigenvalue weighted by molar-refractivity contribution is 5.88. The van der Waals surface area contributed by atoms with E-state index in [1.54, 1.807) is 14.2 Å². The van der Waals surface area contributed by atoms with E-state index in [1.807, 2.05) is 36.9 Å². The molecule has 2 rings (SSSR count). The molecule has 0 bridgehead atoms. The molecule has 0 aromatic heterocycles. The smallest absolute Gasteiger partial charge is 0.237 e. The number of carbonyl (C=O) groups is 2. The van der Waals surface area contributed by atoms with Gasteiger partial charge in [0.25, 0.3) is 0 Å². The number of amides is 2. The molecule has 8 nitrogen and oxygen atoms in total. The number of carbonyl (C=O) groups excluding carboxylic acids is 2. The van der Waals surface area contributed by atoms with E-state index in [2.05, 4.69) is 10.6 Å². The third-order valence-electron chi connectivity index (χ3n) is 4.85. The van der Waals surface area contributed by atoms with Crippen LogP contribution in [0.3, 0.4) is 0 Å². The Morgan fingerprint density at radius 2 is 2.04 bits per heavy atom. The van der Waals surface area contributed by atoms with E-state index in [-0.39, 0.29) is 24.8 Å². The Morgan fingerprint density at radius 3 is 2.68 bits per heavy atom. The predicted molar refractivity (Wildman–Crippen MR) is 105 cm³/mol. The van der Waals surface area contributed by atoms with Crippen LogP contribution in [0.25, 0.3) is 0 Å². The number of rotatable bonds is 9. The van der Waals surface area contributed by atoms with Crippen LogP contribution in [0.4, 0.5) is 0 Å². The number of benzene rings is 1. The fourth-order valence-electron chi connectivity index (χ4n) is 3.03. The Labute approximate surface area is 166 Å². The zero-order valence-corrected chi connectivity index (χ0v) is 17.1. The maximum atomic E-state index is 12.4. The maximum Gasteiger partial charge on any atom is 0.237 e. The minimum absolute atomic E-state index is 0.0252. The van der Waals surface area contributed by atoms with Crippen molar-refractivity contribution in [3.63, 3.8) is 0 Å². The molecule has 1 unspecified atom stereocenters. The molecule has 8 heteroatoms. The van der Waals surface area contributed by atoms with Gasteiger partial charge in [0.1, 0.15) is 0 Å². The second-order valence-corrected chi connectivity index (χ2v) is 7.77. The number of piperazine rings is 1. The van der Waals surface area contributed by atoms with Crippen molar-refractivity contribution in [3.8, 4) is 11.5 Å². The van der Waals surface area contributed by atoms with Crippen LogP contribution in [0.2, 0.25) is 0 Å². The fraction of sp³-hybridized carbons (Fsp3) is 0.600. The van der Waals surface area contributed by atoms with E-state index in [4.69, 9.17) is 9.47 Å². The number of methoxy groups -OCH3 is 2. The van der Waals surface area contributed by atoms with Gasteiger partial charge in [-0.05, 0) is 17.7 Å². The molecule has 0 aliphatic carbocycles. The van der Waals surface area contributed by atoms with Gasteiger partial charge in [0.2, 0.25) is 11.8 Å². The first-order valence-electron chi connectivity index (χ1n) is 9.40. The quantitative estimate of drug-likeness (QED) is 0.566. The summed E-state index contributed by atoms with van der Waals surface area (Å²) in [4.78, 5) is 26.8. The zero-order chi connectivity index (χ0) is 20.7. The first-order valence-corrected chi connectivity index (χ1v) is 9.40. The standard InChI is InChI=1S/C20H31N3O5/c1-20(2,13-24)12-22-18(25)10-15-19(26)21-7-8-23(15)11-14-5-6-16(27-3)17(9-14)28-4/h5-6,9,15,24H,7-8,10-13H2,1-4H3,(H,21,26)(H,22,25). The van der Waals surface area contributed by atoms with Crippen LogP contribution in [0.1, 0.15) is 25.8 Å². The van der Waals surface area contributed by atoms with Gasteiger partial charge in [0.05, 0.1) is 26.7 Å². The molecule has 1 heterocycles. The van der Waals surface area contributed by atoms with Gasteiger partial charge >= 0.3 is 0 Å². The van der Waals surface area contributed by atoms with Crippen LogP contribution in [-0.2, 0) is 16.1 Å². The molecular formula is C20H31N3O5. The summed E-state index contributed by atoms with van der Waals surface area (Å²) in [5.74, 6) is 0.913. The number of ether oxygens (including phenoxy) is 2. The number of nitrogens with zero attached hydrogens (tertiary/aromatic N) is 1. The minimum atomic E-state index is -0.543. The van der Waals surface area contributed by atoms with E-state index in [0.29, 0.717) is 37.7 Å². The van der Waals surface area contributed by atoms with E-state index in [1.165, 1.54) is 0 Å². The maximum absolute atomic E-state index is 12.4. The number of nitrogens with one attached hydrogen (secondary N) is 2. The average Bonchev–Trinajstić information content (AvgIpc) is 2.69. The van der Waals surface area contributed by atoms with Gasteiger partial charge < -0.3 is 25.2 Å². The van der Waals surface area contributed by atoms with E-state index in [9.17, 15) is 14.7 Å².